The number of aromatic nitrogens is 3. The van der Waals surface area contributed by atoms with Crippen molar-refractivity contribution in [2.75, 3.05) is 19.5 Å². The van der Waals surface area contributed by atoms with E-state index in [4.69, 9.17) is 14.2 Å². The standard InChI is InChI=1S/C23H21F3N4O4S/c1-32-19-15(20(33-2)28-11-27-19)18(31)30-21-29-16-13-7-6-12(23(24,25)26)10-14(13)34-22(17(16)35-21)8-4-3-5-9-22/h6-7,10-11H,3-5,8-9H2,1-2H3,(H,29,30,31). The Bertz CT molecular complexity index is 1270. The van der Waals surface area contributed by atoms with Crippen LogP contribution in [-0.4, -0.2) is 35.1 Å². The highest BCUT2D eigenvalue weighted by atomic mass is 32.1. The Hall–Kier alpha value is -3.41. The molecule has 1 saturated carbocycles. The summed E-state index contributed by atoms with van der Waals surface area (Å²) in [5.74, 6) is -0.366. The predicted octanol–water partition coefficient (Wildman–Crippen LogP) is 5.44. The van der Waals surface area contributed by atoms with E-state index in [-0.39, 0.29) is 28.2 Å². The molecule has 2 aromatic heterocycles. The Morgan fingerprint density at radius 3 is 2.43 bits per heavy atom. The number of nitrogens with zero attached hydrogens (tertiary/aromatic N) is 3. The minimum atomic E-state index is -4.49. The molecule has 8 nitrogen and oxygen atoms in total. The van der Waals surface area contributed by atoms with E-state index in [9.17, 15) is 18.0 Å². The fourth-order valence-electron chi connectivity index (χ4n) is 4.57. The van der Waals surface area contributed by atoms with Gasteiger partial charge in [0, 0.05) is 5.56 Å². The van der Waals surface area contributed by atoms with E-state index in [0.29, 0.717) is 24.1 Å². The van der Waals surface area contributed by atoms with E-state index in [2.05, 4.69) is 20.3 Å². The normalized spacial score (nSPS) is 16.1. The van der Waals surface area contributed by atoms with Crippen molar-refractivity contribution < 1.29 is 32.2 Å². The molecule has 5 rings (SSSR count). The van der Waals surface area contributed by atoms with E-state index in [1.165, 1.54) is 38.0 Å². The number of halogens is 3. The number of alkyl halides is 3. The van der Waals surface area contributed by atoms with Gasteiger partial charge in [-0.3, -0.25) is 10.1 Å². The van der Waals surface area contributed by atoms with E-state index in [1.54, 1.807) is 0 Å². The SMILES string of the molecule is COc1ncnc(OC)c1C(=O)Nc1nc2c(s1)C1(CCCCC1)Oc1cc(C(F)(F)F)ccc1-2. The Balaban J connectivity index is 1.57. The maximum atomic E-state index is 13.4. The topological polar surface area (TPSA) is 95.5 Å². The molecule has 3 aromatic rings. The van der Waals surface area contributed by atoms with E-state index in [1.807, 2.05) is 0 Å². The molecule has 0 saturated heterocycles. The molecule has 184 valence electrons. The van der Waals surface area contributed by atoms with Gasteiger partial charge in [0.2, 0.25) is 11.8 Å². The molecule has 1 N–H and O–H groups in total. The summed E-state index contributed by atoms with van der Waals surface area (Å²) in [6, 6.07) is 3.41. The first-order chi connectivity index (χ1) is 16.8. The van der Waals surface area contributed by atoms with Crippen molar-refractivity contribution in [1.82, 2.24) is 15.0 Å². The second-order valence-corrected chi connectivity index (χ2v) is 9.28. The summed E-state index contributed by atoms with van der Waals surface area (Å²) in [5, 5.41) is 3.02. The van der Waals surface area contributed by atoms with E-state index >= 15 is 0 Å². The van der Waals surface area contributed by atoms with Crippen molar-refractivity contribution in [1.29, 1.82) is 0 Å². The van der Waals surface area contributed by atoms with Crippen LogP contribution in [0.15, 0.2) is 24.5 Å². The van der Waals surface area contributed by atoms with Gasteiger partial charge >= 0.3 is 6.18 Å². The number of fused-ring (bicyclic) bond motifs is 4. The molecular formula is C23H21F3N4O4S. The predicted molar refractivity (Wildman–Crippen MR) is 121 cm³/mol. The fourth-order valence-corrected chi connectivity index (χ4v) is 5.73. The average molecular weight is 507 g/mol. The lowest BCUT2D eigenvalue weighted by molar-refractivity contribution is -0.137. The van der Waals surface area contributed by atoms with Crippen LogP contribution in [0, 0.1) is 0 Å². The molecule has 35 heavy (non-hydrogen) atoms. The molecule has 0 atom stereocenters. The van der Waals surface area contributed by atoms with Crippen LogP contribution >= 0.6 is 11.3 Å². The monoisotopic (exact) mass is 506 g/mol. The van der Waals surface area contributed by atoms with Crippen molar-refractivity contribution in [3.05, 3.63) is 40.5 Å². The molecule has 0 unspecified atom stereocenters. The van der Waals surface area contributed by atoms with Crippen LogP contribution in [0.1, 0.15) is 52.9 Å². The van der Waals surface area contributed by atoms with Gasteiger partial charge in [-0.1, -0.05) is 17.8 Å². The molecular weight excluding hydrogens is 485 g/mol. The number of nitrogens with one attached hydrogen (secondary N) is 1. The lowest BCUT2D eigenvalue weighted by atomic mass is 9.80. The summed E-state index contributed by atoms with van der Waals surface area (Å²) in [6.07, 6.45) is 0.805. The Morgan fingerprint density at radius 2 is 1.80 bits per heavy atom. The maximum Gasteiger partial charge on any atom is 0.416 e. The van der Waals surface area contributed by atoms with Crippen LogP contribution in [0.2, 0.25) is 0 Å². The molecule has 0 radical (unpaired) electrons. The third-order valence-corrected chi connectivity index (χ3v) is 7.34. The molecule has 1 amide bonds. The summed E-state index contributed by atoms with van der Waals surface area (Å²) in [6.45, 7) is 0. The van der Waals surface area contributed by atoms with Crippen LogP contribution in [-0.2, 0) is 11.8 Å². The number of carbonyl (C=O) groups excluding carboxylic acids is 1. The van der Waals surface area contributed by atoms with Crippen LogP contribution in [0.4, 0.5) is 18.3 Å². The van der Waals surface area contributed by atoms with Gasteiger partial charge in [-0.05, 0) is 43.9 Å². The third-order valence-electron chi connectivity index (χ3n) is 6.18. The molecule has 1 aliphatic carbocycles. The summed E-state index contributed by atoms with van der Waals surface area (Å²) in [7, 11) is 2.74. The van der Waals surface area contributed by atoms with Crippen LogP contribution in [0.5, 0.6) is 17.5 Å². The summed E-state index contributed by atoms with van der Waals surface area (Å²) in [5.41, 5.74) is -0.580. The van der Waals surface area contributed by atoms with Gasteiger partial charge in [-0.15, -0.1) is 0 Å². The van der Waals surface area contributed by atoms with Gasteiger partial charge in [0.15, 0.2) is 10.7 Å². The maximum absolute atomic E-state index is 13.4. The lowest BCUT2D eigenvalue weighted by Crippen LogP contribution is -2.37. The number of thiazole rings is 1. The number of carbonyl (C=O) groups is 1. The van der Waals surface area contributed by atoms with E-state index in [0.717, 1.165) is 36.3 Å². The fraction of sp³-hybridized carbons (Fsp3) is 0.391. The number of anilines is 1. The second kappa shape index (κ2) is 8.67. The largest absolute Gasteiger partial charge is 0.481 e. The van der Waals surface area contributed by atoms with Gasteiger partial charge < -0.3 is 14.2 Å². The first-order valence-corrected chi connectivity index (χ1v) is 11.7. The van der Waals surface area contributed by atoms with Gasteiger partial charge in [0.1, 0.15) is 17.7 Å². The van der Waals surface area contributed by atoms with Crippen molar-refractivity contribution in [2.24, 2.45) is 0 Å². The molecule has 0 bridgehead atoms. The van der Waals surface area contributed by atoms with Crippen molar-refractivity contribution in [3.8, 4) is 28.8 Å². The highest BCUT2D eigenvalue weighted by Crippen LogP contribution is 2.54. The van der Waals surface area contributed by atoms with Crippen molar-refractivity contribution >= 4 is 22.4 Å². The molecule has 2 aliphatic rings. The number of methoxy groups -OCH3 is 2. The Morgan fingerprint density at radius 1 is 1.11 bits per heavy atom. The van der Waals surface area contributed by atoms with Crippen molar-refractivity contribution in [3.63, 3.8) is 0 Å². The molecule has 1 spiro atoms. The quantitative estimate of drug-likeness (QED) is 0.503. The average Bonchev–Trinajstić information content (AvgIpc) is 3.28. The van der Waals surface area contributed by atoms with Crippen LogP contribution in [0.25, 0.3) is 11.3 Å². The second-order valence-electron chi connectivity index (χ2n) is 8.28. The minimum Gasteiger partial charge on any atom is -0.481 e. The third kappa shape index (κ3) is 4.05. The minimum absolute atomic E-state index is 0.00419. The highest BCUT2D eigenvalue weighted by Gasteiger charge is 2.45. The smallest absolute Gasteiger partial charge is 0.416 e. The van der Waals surface area contributed by atoms with Crippen molar-refractivity contribution in [2.45, 2.75) is 43.9 Å². The number of amides is 1. The van der Waals surface area contributed by atoms with Gasteiger partial charge in [0.25, 0.3) is 5.91 Å². The van der Waals surface area contributed by atoms with E-state index < -0.39 is 23.2 Å². The van der Waals surface area contributed by atoms with Crippen LogP contribution < -0.4 is 19.5 Å². The zero-order valence-corrected chi connectivity index (χ0v) is 19.7. The number of rotatable bonds is 4. The summed E-state index contributed by atoms with van der Waals surface area (Å²) < 4.78 is 56.8. The van der Waals surface area contributed by atoms with Crippen LogP contribution in [0.3, 0.4) is 0 Å². The number of hydrogen-bond donors (Lipinski definition) is 1. The molecule has 12 heteroatoms. The Kier molecular flexibility index (Phi) is 5.78. The van der Waals surface area contributed by atoms with Gasteiger partial charge in [-0.25, -0.2) is 15.0 Å². The zero-order chi connectivity index (χ0) is 24.8. The van der Waals surface area contributed by atoms with Gasteiger partial charge in [-0.2, -0.15) is 13.2 Å². The molecule has 3 heterocycles. The van der Waals surface area contributed by atoms with Gasteiger partial charge in [0.05, 0.1) is 30.4 Å². The first kappa shape index (κ1) is 23.3. The number of hydrogen-bond acceptors (Lipinski definition) is 8. The molecule has 1 aromatic carbocycles. The zero-order valence-electron chi connectivity index (χ0n) is 18.9. The Labute approximate surface area is 202 Å². The molecule has 1 fully saturated rings. The summed E-state index contributed by atoms with van der Waals surface area (Å²) in [4.78, 5) is 26.4. The first-order valence-electron chi connectivity index (χ1n) is 10.9. The highest BCUT2D eigenvalue weighted by molar-refractivity contribution is 7.16. The summed E-state index contributed by atoms with van der Waals surface area (Å²) >= 11 is 1.25. The lowest BCUT2D eigenvalue weighted by Gasteiger charge is -2.40. The number of ether oxygens (including phenoxy) is 3. The number of benzene rings is 1. The molecule has 1 aliphatic heterocycles.